The molecule has 0 amide bonds. The van der Waals surface area contributed by atoms with Gasteiger partial charge >= 0.3 is 0 Å². The summed E-state index contributed by atoms with van der Waals surface area (Å²) in [7, 11) is 0. The zero-order valence-corrected chi connectivity index (χ0v) is 10.5. The summed E-state index contributed by atoms with van der Waals surface area (Å²) in [5.74, 6) is 0.850. The molecule has 0 spiro atoms. The average molecular weight is 222 g/mol. The summed E-state index contributed by atoms with van der Waals surface area (Å²) in [5, 5.41) is 10.8. The molecule has 3 nitrogen and oxygen atoms in total. The predicted molar refractivity (Wildman–Crippen MR) is 64.0 cm³/mol. The minimum absolute atomic E-state index is 0.220. The minimum Gasteiger partial charge on any atom is -0.382 e. The molecule has 1 aromatic rings. The summed E-state index contributed by atoms with van der Waals surface area (Å²) in [6.07, 6.45) is 7.68. The third-order valence-electron chi connectivity index (χ3n) is 3.69. The standard InChI is InChI=1S/C13H22N2O/c1-4-15-9-8-14-11(15)13(16)7-5-6-12(2,3)10-13/h8-9,16H,4-7,10H2,1-3H3. The van der Waals surface area contributed by atoms with Gasteiger partial charge in [0.05, 0.1) is 0 Å². The van der Waals surface area contributed by atoms with Crippen LogP contribution in [0.2, 0.25) is 0 Å². The van der Waals surface area contributed by atoms with Crippen molar-refractivity contribution in [1.29, 1.82) is 0 Å². The van der Waals surface area contributed by atoms with Crippen LogP contribution in [-0.2, 0) is 12.1 Å². The highest BCUT2D eigenvalue weighted by molar-refractivity contribution is 5.08. The Morgan fingerprint density at radius 3 is 2.81 bits per heavy atom. The lowest BCUT2D eigenvalue weighted by molar-refractivity contribution is -0.0531. The minimum atomic E-state index is -0.721. The van der Waals surface area contributed by atoms with Gasteiger partial charge in [0, 0.05) is 18.9 Å². The van der Waals surface area contributed by atoms with Gasteiger partial charge in [-0.05, 0) is 38.0 Å². The highest BCUT2D eigenvalue weighted by Crippen LogP contribution is 2.45. The third-order valence-corrected chi connectivity index (χ3v) is 3.69. The Labute approximate surface area is 97.5 Å². The second-order valence-corrected chi connectivity index (χ2v) is 5.76. The van der Waals surface area contributed by atoms with Crippen LogP contribution in [0.25, 0.3) is 0 Å². The van der Waals surface area contributed by atoms with Crippen molar-refractivity contribution in [3.8, 4) is 0 Å². The normalized spacial score (nSPS) is 29.2. The number of nitrogens with zero attached hydrogens (tertiary/aromatic N) is 2. The van der Waals surface area contributed by atoms with Gasteiger partial charge in [0.15, 0.2) is 0 Å². The van der Waals surface area contributed by atoms with E-state index in [0.717, 1.165) is 31.6 Å². The lowest BCUT2D eigenvalue weighted by Gasteiger charge is -2.41. The fourth-order valence-corrected chi connectivity index (χ4v) is 2.99. The van der Waals surface area contributed by atoms with Crippen LogP contribution in [0.1, 0.15) is 52.3 Å². The summed E-state index contributed by atoms with van der Waals surface area (Å²) in [4.78, 5) is 4.36. The highest BCUT2D eigenvalue weighted by atomic mass is 16.3. The van der Waals surface area contributed by atoms with Crippen LogP contribution in [0.15, 0.2) is 12.4 Å². The number of hydrogen-bond donors (Lipinski definition) is 1. The van der Waals surface area contributed by atoms with Crippen LogP contribution in [0, 0.1) is 5.41 Å². The van der Waals surface area contributed by atoms with Crippen molar-refractivity contribution in [2.75, 3.05) is 0 Å². The topological polar surface area (TPSA) is 38.0 Å². The van der Waals surface area contributed by atoms with E-state index in [0.29, 0.717) is 0 Å². The molecule has 0 radical (unpaired) electrons. The Balaban J connectivity index is 2.31. The SMILES string of the molecule is CCn1ccnc1C1(O)CCCC(C)(C)C1. The number of aromatic nitrogens is 2. The van der Waals surface area contributed by atoms with E-state index < -0.39 is 5.60 Å². The lowest BCUT2D eigenvalue weighted by atomic mass is 9.69. The first kappa shape index (κ1) is 11.6. The second-order valence-electron chi connectivity index (χ2n) is 5.76. The van der Waals surface area contributed by atoms with E-state index >= 15 is 0 Å². The number of rotatable bonds is 2. The van der Waals surface area contributed by atoms with Crippen LogP contribution < -0.4 is 0 Å². The van der Waals surface area contributed by atoms with E-state index in [4.69, 9.17) is 0 Å². The lowest BCUT2D eigenvalue weighted by Crippen LogP contribution is -2.38. The Morgan fingerprint density at radius 2 is 2.19 bits per heavy atom. The maximum Gasteiger partial charge on any atom is 0.140 e. The molecule has 1 unspecified atom stereocenters. The molecule has 0 aromatic carbocycles. The van der Waals surface area contributed by atoms with Gasteiger partial charge in [0.25, 0.3) is 0 Å². The highest BCUT2D eigenvalue weighted by Gasteiger charge is 2.42. The second kappa shape index (κ2) is 3.88. The molecule has 1 aliphatic rings. The molecule has 1 aromatic heterocycles. The smallest absolute Gasteiger partial charge is 0.140 e. The Kier molecular flexibility index (Phi) is 2.82. The van der Waals surface area contributed by atoms with Crippen molar-refractivity contribution < 1.29 is 5.11 Å². The first-order valence-electron chi connectivity index (χ1n) is 6.21. The average Bonchev–Trinajstić information content (AvgIpc) is 2.63. The first-order valence-corrected chi connectivity index (χ1v) is 6.21. The summed E-state index contributed by atoms with van der Waals surface area (Å²) in [5.41, 5.74) is -0.501. The summed E-state index contributed by atoms with van der Waals surface area (Å²) >= 11 is 0. The molecule has 2 rings (SSSR count). The molecule has 90 valence electrons. The fraction of sp³-hybridized carbons (Fsp3) is 0.769. The van der Waals surface area contributed by atoms with Gasteiger partial charge in [-0.25, -0.2) is 4.98 Å². The zero-order valence-electron chi connectivity index (χ0n) is 10.5. The van der Waals surface area contributed by atoms with Gasteiger partial charge in [-0.15, -0.1) is 0 Å². The largest absolute Gasteiger partial charge is 0.382 e. The molecule has 1 heterocycles. The Bertz CT molecular complexity index is 370. The van der Waals surface area contributed by atoms with Gasteiger partial charge in [-0.1, -0.05) is 13.8 Å². The molecule has 1 atom stereocenters. The fourth-order valence-electron chi connectivity index (χ4n) is 2.99. The van der Waals surface area contributed by atoms with E-state index in [-0.39, 0.29) is 5.41 Å². The predicted octanol–water partition coefficient (Wildman–Crippen LogP) is 2.69. The summed E-state index contributed by atoms with van der Waals surface area (Å²) in [6, 6.07) is 0. The summed E-state index contributed by atoms with van der Waals surface area (Å²) < 4.78 is 2.06. The molecule has 1 saturated carbocycles. The Hall–Kier alpha value is -0.830. The van der Waals surface area contributed by atoms with E-state index in [1.54, 1.807) is 6.20 Å². The number of hydrogen-bond acceptors (Lipinski definition) is 2. The van der Waals surface area contributed by atoms with E-state index in [1.165, 1.54) is 6.42 Å². The van der Waals surface area contributed by atoms with E-state index in [2.05, 4.69) is 30.3 Å². The van der Waals surface area contributed by atoms with Crippen molar-refractivity contribution in [1.82, 2.24) is 9.55 Å². The van der Waals surface area contributed by atoms with Crippen LogP contribution in [0.4, 0.5) is 0 Å². The van der Waals surface area contributed by atoms with E-state index in [1.807, 2.05) is 6.20 Å². The van der Waals surface area contributed by atoms with Crippen LogP contribution in [0.3, 0.4) is 0 Å². The zero-order chi connectivity index (χ0) is 11.8. The van der Waals surface area contributed by atoms with Crippen LogP contribution in [-0.4, -0.2) is 14.7 Å². The number of aliphatic hydroxyl groups is 1. The molecule has 0 bridgehead atoms. The maximum absolute atomic E-state index is 10.8. The molecule has 1 aliphatic carbocycles. The molecule has 1 N–H and O–H groups in total. The third kappa shape index (κ3) is 2.01. The molecular weight excluding hydrogens is 200 g/mol. The van der Waals surface area contributed by atoms with Gasteiger partial charge in [0.2, 0.25) is 0 Å². The van der Waals surface area contributed by atoms with Crippen molar-refractivity contribution in [2.24, 2.45) is 5.41 Å². The molecule has 3 heteroatoms. The maximum atomic E-state index is 10.8. The van der Waals surface area contributed by atoms with Crippen molar-refractivity contribution in [3.05, 3.63) is 18.2 Å². The molecule has 0 aliphatic heterocycles. The van der Waals surface area contributed by atoms with Gasteiger partial charge in [-0.3, -0.25) is 0 Å². The Morgan fingerprint density at radius 1 is 1.44 bits per heavy atom. The van der Waals surface area contributed by atoms with Crippen LogP contribution in [0.5, 0.6) is 0 Å². The molecule has 1 fully saturated rings. The number of imidazole rings is 1. The number of aryl methyl sites for hydroxylation is 1. The van der Waals surface area contributed by atoms with Gasteiger partial charge < -0.3 is 9.67 Å². The van der Waals surface area contributed by atoms with Crippen molar-refractivity contribution in [2.45, 2.75) is 58.6 Å². The molecular formula is C13H22N2O. The summed E-state index contributed by atoms with van der Waals surface area (Å²) in [6.45, 7) is 7.42. The van der Waals surface area contributed by atoms with Crippen molar-refractivity contribution >= 4 is 0 Å². The molecule has 0 saturated heterocycles. The van der Waals surface area contributed by atoms with Gasteiger partial charge in [-0.2, -0.15) is 0 Å². The quantitative estimate of drug-likeness (QED) is 0.835. The molecule has 16 heavy (non-hydrogen) atoms. The van der Waals surface area contributed by atoms with Crippen molar-refractivity contribution in [3.63, 3.8) is 0 Å². The van der Waals surface area contributed by atoms with Crippen LogP contribution >= 0.6 is 0 Å². The van der Waals surface area contributed by atoms with E-state index in [9.17, 15) is 5.11 Å². The van der Waals surface area contributed by atoms with Gasteiger partial charge in [0.1, 0.15) is 11.4 Å². The first-order chi connectivity index (χ1) is 7.47. The monoisotopic (exact) mass is 222 g/mol.